The first kappa shape index (κ1) is 33.0. The molecule has 3 aromatic carbocycles. The molecule has 0 amide bonds. The number of ether oxygens (including phenoxy) is 1. The summed E-state index contributed by atoms with van der Waals surface area (Å²) in [6.07, 6.45) is -2.18. The van der Waals surface area contributed by atoms with Gasteiger partial charge in [-0.2, -0.15) is 27.8 Å². The van der Waals surface area contributed by atoms with Crippen molar-refractivity contribution in [3.05, 3.63) is 136 Å². The molecule has 0 spiro atoms. The summed E-state index contributed by atoms with van der Waals surface area (Å²) in [4.78, 5) is 30.5. The van der Waals surface area contributed by atoms with Gasteiger partial charge in [-0.05, 0) is 61.5 Å². The minimum absolute atomic E-state index is 0.241. The number of aliphatic hydroxyl groups is 1. The monoisotopic (exact) mass is 686 g/mol. The lowest BCUT2D eigenvalue weighted by Gasteiger charge is -2.34. The van der Waals surface area contributed by atoms with Crippen molar-refractivity contribution < 1.29 is 36.2 Å². The minimum atomic E-state index is -4.68. The van der Waals surface area contributed by atoms with Crippen molar-refractivity contribution in [3.63, 3.8) is 0 Å². The second kappa shape index (κ2) is 12.6. The van der Waals surface area contributed by atoms with E-state index in [0.29, 0.717) is 17.4 Å². The van der Waals surface area contributed by atoms with Gasteiger partial charge in [0.05, 0.1) is 29.6 Å². The Morgan fingerprint density at radius 3 is 1.96 bits per heavy atom. The van der Waals surface area contributed by atoms with Crippen LogP contribution in [0.2, 0.25) is 0 Å². The number of rotatable bonds is 11. The molecule has 0 fully saturated rings. The highest BCUT2D eigenvalue weighted by molar-refractivity contribution is 5.43. The Labute approximate surface area is 271 Å². The van der Waals surface area contributed by atoms with Crippen LogP contribution in [0.25, 0.3) is 17.1 Å². The van der Waals surface area contributed by atoms with E-state index in [0.717, 1.165) is 33.5 Å². The molecule has 49 heavy (non-hydrogen) atoms. The van der Waals surface area contributed by atoms with Gasteiger partial charge in [0.2, 0.25) is 0 Å². The van der Waals surface area contributed by atoms with E-state index in [1.54, 1.807) is 0 Å². The van der Waals surface area contributed by atoms with Crippen LogP contribution in [-0.4, -0.2) is 55.9 Å². The third-order valence-electron chi connectivity index (χ3n) is 7.82. The summed E-state index contributed by atoms with van der Waals surface area (Å²) in [7, 11) is 0. The highest BCUT2D eigenvalue weighted by Gasteiger charge is 2.44. The number of alkyl halides is 4. The quantitative estimate of drug-likeness (QED) is 0.202. The number of imidazole rings is 1. The first-order chi connectivity index (χ1) is 23.3. The molecule has 0 unspecified atom stereocenters. The van der Waals surface area contributed by atoms with Crippen molar-refractivity contribution >= 4 is 0 Å². The fourth-order valence-corrected chi connectivity index (χ4v) is 5.23. The first-order valence-corrected chi connectivity index (χ1v) is 14.3. The molecule has 0 aliphatic carbocycles. The van der Waals surface area contributed by atoms with E-state index < -0.39 is 52.9 Å². The lowest BCUT2D eigenvalue weighted by molar-refractivity contribution is -0.253. The van der Waals surface area contributed by atoms with Crippen molar-refractivity contribution in [3.8, 4) is 22.8 Å². The van der Waals surface area contributed by atoms with Crippen LogP contribution < -0.4 is 16.1 Å². The molecule has 6 aromatic rings. The van der Waals surface area contributed by atoms with Crippen molar-refractivity contribution in [1.82, 2.24) is 38.2 Å². The second-order valence-electron chi connectivity index (χ2n) is 10.8. The van der Waals surface area contributed by atoms with Gasteiger partial charge in [-0.3, -0.25) is 9.13 Å². The number of aromatic nitrogens is 8. The van der Waals surface area contributed by atoms with Crippen LogP contribution in [0.5, 0.6) is 5.75 Å². The number of hydrogen-bond donors (Lipinski definition) is 1. The molecule has 1 N–H and O–H groups in total. The van der Waals surface area contributed by atoms with Gasteiger partial charge in [0, 0.05) is 24.0 Å². The fourth-order valence-electron chi connectivity index (χ4n) is 5.23. The normalized spacial score (nSPS) is 13.8. The Hall–Kier alpha value is -5.91. The summed E-state index contributed by atoms with van der Waals surface area (Å²) in [6.45, 7) is 1.09. The zero-order valence-corrected chi connectivity index (χ0v) is 25.1. The molecule has 0 bridgehead atoms. The molecular formula is C31H24F6N8O4. The van der Waals surface area contributed by atoms with Gasteiger partial charge in [-0.25, -0.2) is 37.3 Å². The largest absolute Gasteiger partial charge is 0.461 e. The van der Waals surface area contributed by atoms with E-state index in [1.165, 1.54) is 88.5 Å². The maximum atomic E-state index is 15.0. The first-order valence-electron chi connectivity index (χ1n) is 14.3. The van der Waals surface area contributed by atoms with Gasteiger partial charge in [-0.1, -0.05) is 6.07 Å². The second-order valence-corrected chi connectivity index (χ2v) is 10.8. The summed E-state index contributed by atoms with van der Waals surface area (Å²) < 4.78 is 89.8. The van der Waals surface area contributed by atoms with Crippen LogP contribution in [-0.2, 0) is 12.1 Å². The predicted molar refractivity (Wildman–Crippen MR) is 159 cm³/mol. The summed E-state index contributed by atoms with van der Waals surface area (Å²) in [5, 5.41) is 20.0. The van der Waals surface area contributed by atoms with E-state index in [2.05, 4.69) is 19.9 Å². The van der Waals surface area contributed by atoms with Crippen LogP contribution in [0.3, 0.4) is 0 Å². The molecule has 2 atom stereocenters. The van der Waals surface area contributed by atoms with Crippen LogP contribution in [0.1, 0.15) is 18.5 Å². The molecular weight excluding hydrogens is 662 g/mol. The van der Waals surface area contributed by atoms with Crippen LogP contribution >= 0.6 is 0 Å². The van der Waals surface area contributed by atoms with E-state index in [1.807, 2.05) is 0 Å². The maximum absolute atomic E-state index is 15.0. The molecule has 3 aromatic heterocycles. The average molecular weight is 687 g/mol. The Bertz CT molecular complexity index is 2190. The predicted octanol–water partition coefficient (Wildman–Crippen LogP) is 4.23. The lowest BCUT2D eigenvalue weighted by atomic mass is 9.86. The number of nitrogens with zero attached hydrogens (tertiary/aromatic N) is 8. The Morgan fingerprint density at radius 1 is 0.816 bits per heavy atom. The highest BCUT2D eigenvalue weighted by Crippen LogP contribution is 2.36. The zero-order chi connectivity index (χ0) is 35.1. The zero-order valence-electron chi connectivity index (χ0n) is 25.1. The molecule has 254 valence electrons. The number of halogens is 6. The van der Waals surface area contributed by atoms with Crippen molar-refractivity contribution in [2.24, 2.45) is 0 Å². The number of hydrogen-bond acceptors (Lipinski definition) is 7. The Morgan fingerprint density at radius 2 is 1.41 bits per heavy atom. The molecule has 3 heterocycles. The summed E-state index contributed by atoms with van der Waals surface area (Å²) in [5.41, 5.74) is -2.75. The summed E-state index contributed by atoms with van der Waals surface area (Å²) >= 11 is 0. The Kier molecular flexibility index (Phi) is 8.49. The third-order valence-corrected chi connectivity index (χ3v) is 7.82. The molecule has 0 radical (unpaired) electrons. The third kappa shape index (κ3) is 6.24. The molecule has 0 aliphatic heterocycles. The molecule has 18 heteroatoms. The molecule has 0 saturated carbocycles. The van der Waals surface area contributed by atoms with Gasteiger partial charge < -0.3 is 9.84 Å². The average Bonchev–Trinajstić information content (AvgIpc) is 3.81. The summed E-state index contributed by atoms with van der Waals surface area (Å²) in [5.74, 6) is -2.42. The van der Waals surface area contributed by atoms with Crippen LogP contribution in [0.4, 0.5) is 26.3 Å². The minimum Gasteiger partial charge on any atom is -0.428 e. The Balaban J connectivity index is 1.25. The van der Waals surface area contributed by atoms with E-state index >= 15 is 0 Å². The van der Waals surface area contributed by atoms with Gasteiger partial charge in [0.25, 0.3) is 0 Å². The van der Waals surface area contributed by atoms with Crippen LogP contribution in [0.15, 0.2) is 108 Å². The van der Waals surface area contributed by atoms with E-state index in [9.17, 15) is 41.0 Å². The SMILES string of the molecule is C[C@@H](n1ncn(-c2ccc(-n3ccn(-c4ccc(OC(F)(F)C(F)F)cc4)c3=O)cc2)c1=O)[C@](O)(Cn1cncn1)c1ccc(F)cc1F. The lowest BCUT2D eigenvalue weighted by Crippen LogP contribution is -2.44. The van der Waals surface area contributed by atoms with Gasteiger partial charge in [0.15, 0.2) is 0 Å². The van der Waals surface area contributed by atoms with E-state index in [4.69, 9.17) is 0 Å². The molecule has 0 saturated heterocycles. The van der Waals surface area contributed by atoms with Gasteiger partial charge in [0.1, 0.15) is 42.0 Å². The molecule has 0 aliphatic rings. The van der Waals surface area contributed by atoms with Gasteiger partial charge >= 0.3 is 23.9 Å². The molecule has 12 nitrogen and oxygen atoms in total. The van der Waals surface area contributed by atoms with E-state index in [-0.39, 0.29) is 17.8 Å². The van der Waals surface area contributed by atoms with Crippen molar-refractivity contribution in [1.29, 1.82) is 0 Å². The standard InChI is InChI=1S/C31H24F6N8O4/c1-19(30(48,15-41-17-38-16-39-41)25-11-2-20(32)14-26(25)33)45-29(47)44(18-40-45)23-5-3-21(4-6-23)42-12-13-43(28(42)46)22-7-9-24(10-8-22)49-31(36,37)27(34)35/h2-14,16-19,27,48H,15H2,1H3/t19-,30-/m1/s1. The topological polar surface area (TPSA) is 127 Å². The maximum Gasteiger partial charge on any atom is 0.461 e. The smallest absolute Gasteiger partial charge is 0.428 e. The highest BCUT2D eigenvalue weighted by atomic mass is 19.3. The molecule has 6 rings (SSSR count). The van der Waals surface area contributed by atoms with Crippen molar-refractivity contribution in [2.75, 3.05) is 0 Å². The van der Waals surface area contributed by atoms with Crippen LogP contribution in [0, 0.1) is 11.6 Å². The summed E-state index contributed by atoms with van der Waals surface area (Å²) in [6, 6.07) is 12.1. The van der Waals surface area contributed by atoms with Crippen molar-refractivity contribution in [2.45, 2.75) is 37.6 Å². The van der Waals surface area contributed by atoms with Gasteiger partial charge in [-0.15, -0.1) is 0 Å². The fraction of sp³-hybridized carbons (Fsp3) is 0.194. The number of benzene rings is 3.